The molecule has 1 aliphatic heterocycles. The van der Waals surface area contributed by atoms with Crippen molar-refractivity contribution in [3.05, 3.63) is 59.7 Å². The number of halogens is 2. The third kappa shape index (κ3) is 4.83. The maximum atomic E-state index is 14.3. The van der Waals surface area contributed by atoms with Crippen LogP contribution in [-0.4, -0.2) is 30.8 Å². The molecular weight excluding hydrogens is 399 g/mol. The molecule has 0 aliphatic carbocycles. The van der Waals surface area contributed by atoms with Crippen LogP contribution in [0.5, 0.6) is 0 Å². The van der Waals surface area contributed by atoms with Gasteiger partial charge in [-0.1, -0.05) is 32.0 Å². The average molecular weight is 429 g/mol. The summed E-state index contributed by atoms with van der Waals surface area (Å²) < 4.78 is 40.7. The molecule has 1 heterocycles. The summed E-state index contributed by atoms with van der Waals surface area (Å²) in [6, 6.07) is 10.6. The third-order valence-corrected chi connectivity index (χ3v) is 6.08. The lowest BCUT2D eigenvalue weighted by Gasteiger charge is -2.32. The molecule has 0 bridgehead atoms. The molecule has 0 atom stereocenters. The van der Waals surface area contributed by atoms with Crippen molar-refractivity contribution in [2.24, 2.45) is 5.92 Å². The fraction of sp³-hybridized carbons (Fsp3) is 0.458. The molecule has 1 fully saturated rings. The van der Waals surface area contributed by atoms with Crippen molar-refractivity contribution in [1.82, 2.24) is 0 Å². The summed E-state index contributed by atoms with van der Waals surface area (Å²) in [5.74, 6) is -2.11. The van der Waals surface area contributed by atoms with Crippen LogP contribution in [0.15, 0.2) is 42.5 Å². The van der Waals surface area contributed by atoms with Crippen LogP contribution in [0, 0.1) is 17.6 Å². The number of carbonyl (C=O) groups excluding carboxylic acids is 1. The lowest BCUT2D eigenvalue weighted by molar-refractivity contribution is 0.00578. The van der Waals surface area contributed by atoms with Gasteiger partial charge in [-0.05, 0) is 69.8 Å². The number of hydrogen-bond acceptors (Lipinski definition) is 3. The van der Waals surface area contributed by atoms with Crippen molar-refractivity contribution in [2.75, 3.05) is 11.4 Å². The Labute approximate surface area is 183 Å². The molecule has 0 aromatic heterocycles. The van der Waals surface area contributed by atoms with Gasteiger partial charge < -0.3 is 14.2 Å². The van der Waals surface area contributed by atoms with Gasteiger partial charge in [-0.25, -0.2) is 8.78 Å². The Morgan fingerprint density at radius 2 is 1.48 bits per heavy atom. The molecule has 0 radical (unpaired) electrons. The molecule has 0 unspecified atom stereocenters. The monoisotopic (exact) mass is 429 g/mol. The molecular formula is C24H30BF2NO3. The molecule has 4 nitrogen and oxygen atoms in total. The Morgan fingerprint density at radius 3 is 1.97 bits per heavy atom. The summed E-state index contributed by atoms with van der Waals surface area (Å²) in [7, 11) is -0.525. The fourth-order valence-corrected chi connectivity index (χ4v) is 3.36. The van der Waals surface area contributed by atoms with E-state index in [0.29, 0.717) is 24.6 Å². The third-order valence-electron chi connectivity index (χ3n) is 6.08. The van der Waals surface area contributed by atoms with Crippen LogP contribution < -0.4 is 10.4 Å². The average Bonchev–Trinajstić information content (AvgIpc) is 2.89. The van der Waals surface area contributed by atoms with Gasteiger partial charge in [0.05, 0.1) is 11.2 Å². The fourth-order valence-electron chi connectivity index (χ4n) is 3.36. The van der Waals surface area contributed by atoms with E-state index in [0.717, 1.165) is 17.6 Å². The van der Waals surface area contributed by atoms with Crippen LogP contribution in [0.1, 0.15) is 58.3 Å². The molecule has 1 saturated heterocycles. The zero-order valence-electron chi connectivity index (χ0n) is 19.0. The summed E-state index contributed by atoms with van der Waals surface area (Å²) in [5.41, 5.74) is -0.0822. The zero-order valence-corrected chi connectivity index (χ0v) is 19.0. The van der Waals surface area contributed by atoms with E-state index in [9.17, 15) is 13.6 Å². The summed E-state index contributed by atoms with van der Waals surface area (Å²) >= 11 is 0. The molecule has 166 valence electrons. The van der Waals surface area contributed by atoms with Gasteiger partial charge in [0.2, 0.25) is 0 Å². The van der Waals surface area contributed by atoms with Crippen LogP contribution in [0.2, 0.25) is 0 Å². The highest BCUT2D eigenvalue weighted by Gasteiger charge is 2.51. The van der Waals surface area contributed by atoms with Crippen LogP contribution in [0.25, 0.3) is 0 Å². The van der Waals surface area contributed by atoms with Crippen molar-refractivity contribution in [2.45, 2.75) is 59.2 Å². The molecule has 2 aromatic rings. The van der Waals surface area contributed by atoms with Gasteiger partial charge in [-0.15, -0.1) is 0 Å². The SMILES string of the molecule is CC(C)CCN(C(=O)c1c(F)cccc1F)c1ccc(B2OC(C)(C)C(C)(C)O2)cc1. The second-order valence-electron chi connectivity index (χ2n) is 9.42. The van der Waals surface area contributed by atoms with E-state index in [1.165, 1.54) is 11.0 Å². The number of rotatable bonds is 6. The quantitative estimate of drug-likeness (QED) is 0.610. The second kappa shape index (κ2) is 8.71. The standard InChI is InChI=1S/C24H30BF2NO3/c1-16(2)14-15-28(22(29)21-19(26)8-7-9-20(21)27)18-12-10-17(11-13-18)25-30-23(3,4)24(5,6)31-25/h7-13,16H,14-15H2,1-6H3. The summed E-state index contributed by atoms with van der Waals surface area (Å²) in [4.78, 5) is 14.5. The Morgan fingerprint density at radius 1 is 0.968 bits per heavy atom. The first-order chi connectivity index (χ1) is 14.4. The number of hydrogen-bond donors (Lipinski definition) is 0. The highest BCUT2D eigenvalue weighted by Crippen LogP contribution is 2.36. The zero-order chi connectivity index (χ0) is 23.0. The molecule has 2 aromatic carbocycles. The first-order valence-electron chi connectivity index (χ1n) is 10.6. The summed E-state index contributed by atoms with van der Waals surface area (Å²) in [6.45, 7) is 12.3. The van der Waals surface area contributed by atoms with E-state index in [4.69, 9.17) is 9.31 Å². The van der Waals surface area contributed by atoms with Crippen molar-refractivity contribution >= 4 is 24.2 Å². The molecule has 3 rings (SSSR count). The van der Waals surface area contributed by atoms with E-state index < -0.39 is 41.4 Å². The normalized spacial score (nSPS) is 17.3. The van der Waals surface area contributed by atoms with Crippen LogP contribution in [0.3, 0.4) is 0 Å². The molecule has 31 heavy (non-hydrogen) atoms. The van der Waals surface area contributed by atoms with Crippen molar-refractivity contribution in [3.63, 3.8) is 0 Å². The van der Waals surface area contributed by atoms with Gasteiger partial charge in [-0.2, -0.15) is 0 Å². The predicted octanol–water partition coefficient (Wildman–Crippen LogP) is 4.96. The first kappa shape index (κ1) is 23.4. The lowest BCUT2D eigenvalue weighted by atomic mass is 9.79. The van der Waals surface area contributed by atoms with Gasteiger partial charge in [0.15, 0.2) is 0 Å². The number of carbonyl (C=O) groups is 1. The van der Waals surface area contributed by atoms with Crippen LogP contribution in [-0.2, 0) is 9.31 Å². The highest BCUT2D eigenvalue weighted by atomic mass is 19.1. The van der Waals surface area contributed by atoms with Crippen LogP contribution >= 0.6 is 0 Å². The predicted molar refractivity (Wildman–Crippen MR) is 120 cm³/mol. The molecule has 1 amide bonds. The summed E-state index contributed by atoms with van der Waals surface area (Å²) in [6.07, 6.45) is 0.695. The number of nitrogens with zero attached hydrogens (tertiary/aromatic N) is 1. The largest absolute Gasteiger partial charge is 0.494 e. The number of amides is 1. The van der Waals surface area contributed by atoms with Gasteiger partial charge in [0, 0.05) is 12.2 Å². The van der Waals surface area contributed by atoms with E-state index in [1.807, 2.05) is 53.7 Å². The highest BCUT2D eigenvalue weighted by molar-refractivity contribution is 6.62. The molecule has 7 heteroatoms. The second-order valence-corrected chi connectivity index (χ2v) is 9.42. The first-order valence-corrected chi connectivity index (χ1v) is 10.6. The van der Waals surface area contributed by atoms with Crippen molar-refractivity contribution in [3.8, 4) is 0 Å². The van der Waals surface area contributed by atoms with Crippen molar-refractivity contribution < 1.29 is 22.9 Å². The Hall–Kier alpha value is -2.25. The minimum absolute atomic E-state index is 0.324. The van der Waals surface area contributed by atoms with E-state index in [1.54, 1.807) is 12.1 Å². The van der Waals surface area contributed by atoms with E-state index in [-0.39, 0.29) is 0 Å². The Kier molecular flexibility index (Phi) is 6.58. The maximum absolute atomic E-state index is 14.3. The van der Waals surface area contributed by atoms with E-state index >= 15 is 0 Å². The topological polar surface area (TPSA) is 38.8 Å². The van der Waals surface area contributed by atoms with Gasteiger partial charge in [0.25, 0.3) is 5.91 Å². The molecule has 0 saturated carbocycles. The number of anilines is 1. The molecule has 1 aliphatic rings. The smallest absolute Gasteiger partial charge is 0.399 e. The van der Waals surface area contributed by atoms with E-state index in [2.05, 4.69) is 0 Å². The Bertz CT molecular complexity index is 908. The van der Waals surface area contributed by atoms with Gasteiger partial charge >= 0.3 is 7.12 Å². The maximum Gasteiger partial charge on any atom is 0.494 e. The molecule has 0 N–H and O–H groups in total. The minimum Gasteiger partial charge on any atom is -0.399 e. The molecule has 0 spiro atoms. The van der Waals surface area contributed by atoms with Crippen LogP contribution in [0.4, 0.5) is 14.5 Å². The number of benzene rings is 2. The summed E-state index contributed by atoms with van der Waals surface area (Å²) in [5, 5.41) is 0. The van der Waals surface area contributed by atoms with Crippen molar-refractivity contribution in [1.29, 1.82) is 0 Å². The van der Waals surface area contributed by atoms with Gasteiger partial charge in [0.1, 0.15) is 17.2 Å². The minimum atomic E-state index is -0.867. The Balaban J connectivity index is 1.89. The lowest BCUT2D eigenvalue weighted by Crippen LogP contribution is -2.41. The van der Waals surface area contributed by atoms with Gasteiger partial charge in [-0.3, -0.25) is 4.79 Å².